The molecule has 0 saturated carbocycles. The molecule has 0 spiro atoms. The van der Waals surface area contributed by atoms with Crippen LogP contribution in [0.4, 0.5) is 8.78 Å². The number of nitrogens with one attached hydrogen (secondary N) is 1. The summed E-state index contributed by atoms with van der Waals surface area (Å²) >= 11 is 5.40. The molecule has 0 aromatic heterocycles. The van der Waals surface area contributed by atoms with E-state index in [0.717, 1.165) is 12.5 Å². The fourth-order valence-electron chi connectivity index (χ4n) is 0.438. The highest BCUT2D eigenvalue weighted by molar-refractivity contribution is 6.19. The Morgan fingerprint density at radius 2 is 2.25 bits per heavy atom. The van der Waals surface area contributed by atoms with Crippen LogP contribution in [0.2, 0.25) is 0 Å². The monoisotopic (exact) mass is 195 g/mol. The van der Waals surface area contributed by atoms with Crippen molar-refractivity contribution < 1.29 is 13.5 Å². The Kier molecular flexibility index (Phi) is 6.28. The normalized spacial score (nSPS) is 12.5. The minimum Gasteiger partial charge on any atom is -0.443 e. The van der Waals surface area contributed by atoms with E-state index < -0.39 is 6.61 Å². The summed E-state index contributed by atoms with van der Waals surface area (Å²) in [6.45, 7) is -2.82. The maximum Gasteiger partial charge on any atom is 0.386 e. The Bertz CT molecular complexity index is 192. The van der Waals surface area contributed by atoms with Gasteiger partial charge in [-0.25, -0.2) is 0 Å². The number of rotatable bonds is 5. The van der Waals surface area contributed by atoms with Crippen molar-refractivity contribution in [3.05, 3.63) is 24.0 Å². The van der Waals surface area contributed by atoms with Gasteiger partial charge in [0.15, 0.2) is 0 Å². The first kappa shape index (κ1) is 11.1. The molecule has 2 nitrogen and oxygen atoms in total. The Morgan fingerprint density at radius 3 is 2.67 bits per heavy atom. The van der Waals surface area contributed by atoms with Crippen LogP contribution in [0, 0.1) is 5.41 Å². The maximum absolute atomic E-state index is 11.4. The molecular formula is C7H8ClF2NO. The second kappa shape index (κ2) is 6.79. The lowest BCUT2D eigenvalue weighted by Crippen LogP contribution is -1.90. The van der Waals surface area contributed by atoms with Gasteiger partial charge in [0.25, 0.3) is 0 Å². The van der Waals surface area contributed by atoms with Gasteiger partial charge < -0.3 is 10.1 Å². The van der Waals surface area contributed by atoms with Gasteiger partial charge in [-0.2, -0.15) is 8.78 Å². The van der Waals surface area contributed by atoms with E-state index in [-0.39, 0.29) is 5.88 Å². The van der Waals surface area contributed by atoms with Crippen molar-refractivity contribution in [1.29, 1.82) is 5.41 Å². The van der Waals surface area contributed by atoms with Gasteiger partial charge in [-0.1, -0.05) is 0 Å². The lowest BCUT2D eigenvalue weighted by Gasteiger charge is -1.96. The number of hydrogen-bond acceptors (Lipinski definition) is 2. The summed E-state index contributed by atoms with van der Waals surface area (Å²) in [5.41, 5.74) is 0.535. The lowest BCUT2D eigenvalue weighted by molar-refractivity contribution is -0.0829. The van der Waals surface area contributed by atoms with Crippen molar-refractivity contribution in [3.8, 4) is 0 Å². The molecule has 68 valence electrons. The van der Waals surface area contributed by atoms with Crippen LogP contribution in [0.25, 0.3) is 0 Å². The van der Waals surface area contributed by atoms with Crippen LogP contribution >= 0.6 is 11.6 Å². The fraction of sp³-hybridized carbons (Fsp3) is 0.286. The summed E-state index contributed by atoms with van der Waals surface area (Å²) in [5, 5.41) is 6.67. The lowest BCUT2D eigenvalue weighted by atomic mass is 10.3. The molecule has 5 heteroatoms. The van der Waals surface area contributed by atoms with Crippen LogP contribution in [0.5, 0.6) is 0 Å². The van der Waals surface area contributed by atoms with Crippen LogP contribution in [-0.2, 0) is 4.74 Å². The van der Waals surface area contributed by atoms with Crippen LogP contribution in [-0.4, -0.2) is 18.7 Å². The predicted octanol–water partition coefficient (Wildman–Crippen LogP) is 2.55. The quantitative estimate of drug-likeness (QED) is 0.311. The Balaban J connectivity index is 3.93. The minimum absolute atomic E-state index is 0.151. The molecule has 0 saturated heterocycles. The summed E-state index contributed by atoms with van der Waals surface area (Å²) in [5.74, 6) is 0.151. The summed E-state index contributed by atoms with van der Waals surface area (Å²) in [4.78, 5) is 0. The van der Waals surface area contributed by atoms with E-state index in [1.54, 1.807) is 0 Å². The molecule has 0 aliphatic rings. The first-order chi connectivity index (χ1) is 5.70. The predicted molar refractivity (Wildman–Crippen MR) is 43.8 cm³/mol. The van der Waals surface area contributed by atoms with Crippen molar-refractivity contribution >= 4 is 17.8 Å². The zero-order valence-corrected chi connectivity index (χ0v) is 6.89. The molecule has 0 atom stereocenters. The standard InChI is InChI=1S/C7H8ClF2NO/c8-5-6(1-3-11)2-4-12-7(9)10/h1-4,7,11H,5H2/b4-2+,6-1+,11-3?. The summed E-state index contributed by atoms with van der Waals surface area (Å²) < 4.78 is 26.6. The first-order valence-electron chi connectivity index (χ1n) is 3.06. The van der Waals surface area contributed by atoms with Gasteiger partial charge in [0.05, 0.1) is 6.26 Å². The molecule has 12 heavy (non-hydrogen) atoms. The topological polar surface area (TPSA) is 33.1 Å². The molecule has 0 rings (SSSR count). The number of hydrogen-bond donors (Lipinski definition) is 1. The Labute approximate surface area is 74.0 Å². The molecule has 0 aliphatic carbocycles. The largest absolute Gasteiger partial charge is 0.443 e. The van der Waals surface area contributed by atoms with Crippen molar-refractivity contribution in [3.63, 3.8) is 0 Å². The van der Waals surface area contributed by atoms with E-state index in [1.165, 1.54) is 12.2 Å². The maximum atomic E-state index is 11.4. The second-order valence-electron chi connectivity index (χ2n) is 1.74. The van der Waals surface area contributed by atoms with E-state index in [4.69, 9.17) is 17.0 Å². The van der Waals surface area contributed by atoms with Gasteiger partial charge in [-0.15, -0.1) is 11.6 Å². The minimum atomic E-state index is -2.82. The third-order valence-electron chi connectivity index (χ3n) is 0.915. The Morgan fingerprint density at radius 1 is 1.58 bits per heavy atom. The molecule has 0 bridgehead atoms. The van der Waals surface area contributed by atoms with Gasteiger partial charge >= 0.3 is 6.61 Å². The summed E-state index contributed by atoms with van der Waals surface area (Å²) in [6, 6.07) is 0. The van der Waals surface area contributed by atoms with Crippen molar-refractivity contribution in [2.75, 3.05) is 5.88 Å². The highest BCUT2D eigenvalue weighted by Gasteiger charge is 1.96. The second-order valence-corrected chi connectivity index (χ2v) is 2.01. The van der Waals surface area contributed by atoms with Gasteiger partial charge in [0.1, 0.15) is 0 Å². The zero-order valence-electron chi connectivity index (χ0n) is 6.14. The van der Waals surface area contributed by atoms with Gasteiger partial charge in [-0.3, -0.25) is 0 Å². The smallest absolute Gasteiger partial charge is 0.386 e. The summed E-state index contributed by atoms with van der Waals surface area (Å²) in [6.07, 6.45) is 4.54. The number of ether oxygens (including phenoxy) is 1. The van der Waals surface area contributed by atoms with Crippen LogP contribution in [0.15, 0.2) is 24.0 Å². The van der Waals surface area contributed by atoms with Crippen LogP contribution in [0.1, 0.15) is 0 Å². The third-order valence-corrected chi connectivity index (χ3v) is 1.22. The average Bonchev–Trinajstić information content (AvgIpc) is 2.02. The fourth-order valence-corrected chi connectivity index (χ4v) is 0.616. The van der Waals surface area contributed by atoms with Gasteiger partial charge in [-0.05, 0) is 17.7 Å². The molecule has 0 aromatic rings. The first-order valence-corrected chi connectivity index (χ1v) is 3.60. The molecule has 0 heterocycles. The summed E-state index contributed by atoms with van der Waals surface area (Å²) in [7, 11) is 0. The van der Waals surface area contributed by atoms with E-state index in [1.807, 2.05) is 0 Å². The molecule has 0 amide bonds. The SMILES string of the molecule is N=C/C=C(\C=C\OC(F)F)CCl. The van der Waals surface area contributed by atoms with Gasteiger partial charge in [0.2, 0.25) is 0 Å². The average molecular weight is 196 g/mol. The molecule has 0 unspecified atom stereocenters. The number of allylic oxidation sites excluding steroid dienone is 3. The number of alkyl halides is 3. The van der Waals surface area contributed by atoms with Crippen molar-refractivity contribution in [1.82, 2.24) is 0 Å². The molecule has 1 N–H and O–H groups in total. The molecule has 0 aromatic carbocycles. The molecule has 0 radical (unpaired) electrons. The zero-order chi connectivity index (χ0) is 9.40. The van der Waals surface area contributed by atoms with E-state index in [9.17, 15) is 8.78 Å². The van der Waals surface area contributed by atoms with Crippen LogP contribution in [0.3, 0.4) is 0 Å². The van der Waals surface area contributed by atoms with Crippen LogP contribution < -0.4 is 0 Å². The van der Waals surface area contributed by atoms with Crippen molar-refractivity contribution in [2.45, 2.75) is 6.61 Å². The van der Waals surface area contributed by atoms with Gasteiger partial charge in [0, 0.05) is 12.1 Å². The molecule has 0 aliphatic heterocycles. The number of halogens is 3. The highest BCUT2D eigenvalue weighted by atomic mass is 35.5. The third kappa shape index (κ3) is 5.85. The highest BCUT2D eigenvalue weighted by Crippen LogP contribution is 2.01. The Hall–Kier alpha value is -0.900. The van der Waals surface area contributed by atoms with E-state index in [0.29, 0.717) is 5.57 Å². The van der Waals surface area contributed by atoms with E-state index >= 15 is 0 Å². The molecular weight excluding hydrogens is 188 g/mol. The molecule has 0 fully saturated rings. The van der Waals surface area contributed by atoms with Crippen molar-refractivity contribution in [2.24, 2.45) is 0 Å². The van der Waals surface area contributed by atoms with E-state index in [2.05, 4.69) is 4.74 Å².